The van der Waals surface area contributed by atoms with Crippen molar-refractivity contribution in [2.75, 3.05) is 0 Å². The summed E-state index contributed by atoms with van der Waals surface area (Å²) < 4.78 is 5.26. The average Bonchev–Trinajstić information content (AvgIpc) is 3.01. The molecule has 0 fully saturated rings. The van der Waals surface area contributed by atoms with Gasteiger partial charge in [-0.25, -0.2) is 0 Å². The van der Waals surface area contributed by atoms with E-state index in [0.717, 1.165) is 51.4 Å². The molecule has 0 rings (SSSR count). The van der Waals surface area contributed by atoms with Gasteiger partial charge < -0.3 is 4.74 Å². The number of ether oxygens (including phenoxy) is 1. The summed E-state index contributed by atoms with van der Waals surface area (Å²) >= 11 is 0. The molecular formula is C40H70O3. The zero-order valence-electron chi connectivity index (χ0n) is 28.6. The van der Waals surface area contributed by atoms with Gasteiger partial charge in [0.15, 0.2) is 0 Å². The van der Waals surface area contributed by atoms with Crippen molar-refractivity contribution in [3.63, 3.8) is 0 Å². The van der Waals surface area contributed by atoms with Crippen molar-refractivity contribution in [1.82, 2.24) is 0 Å². The molecule has 43 heavy (non-hydrogen) atoms. The topological polar surface area (TPSA) is 43.4 Å². The highest BCUT2D eigenvalue weighted by atomic mass is 16.6. The number of carbonyl (C=O) groups excluding carboxylic acids is 2. The van der Waals surface area contributed by atoms with E-state index in [1.165, 1.54) is 103 Å². The van der Waals surface area contributed by atoms with E-state index < -0.39 is 23.8 Å². The van der Waals surface area contributed by atoms with Crippen molar-refractivity contribution in [3.8, 4) is 0 Å². The van der Waals surface area contributed by atoms with Crippen LogP contribution in [0.4, 0.5) is 0 Å². The molecule has 0 amide bonds. The van der Waals surface area contributed by atoms with Crippen LogP contribution in [0.2, 0.25) is 0 Å². The number of rotatable bonds is 32. The molecule has 0 aromatic rings. The average molecular weight is 599 g/mol. The third kappa shape index (κ3) is 27.4. The molecule has 0 aromatic carbocycles. The molecule has 0 spiro atoms. The summed E-state index contributed by atoms with van der Waals surface area (Å²) in [6.07, 6.45) is 43.6. The van der Waals surface area contributed by atoms with Gasteiger partial charge in [-0.15, -0.1) is 13.2 Å². The van der Waals surface area contributed by atoms with Crippen LogP contribution in [0.1, 0.15) is 181 Å². The molecular weight excluding hydrogens is 528 g/mol. The Kier molecular flexibility index (Phi) is 31.5. The first-order chi connectivity index (χ1) is 21.1. The second-order valence-electron chi connectivity index (χ2n) is 12.5. The number of hydrogen-bond donors (Lipinski definition) is 0. The van der Waals surface area contributed by atoms with Gasteiger partial charge in [-0.3, -0.25) is 9.59 Å². The molecule has 0 aliphatic carbocycles. The molecule has 2 atom stereocenters. The maximum Gasteiger partial charge on any atom is 0.320 e. The van der Waals surface area contributed by atoms with Crippen LogP contribution in [0.25, 0.3) is 0 Å². The summed E-state index contributed by atoms with van der Waals surface area (Å²) in [5, 5.41) is 0. The molecule has 0 aliphatic rings. The number of unbranched alkanes of at least 4 members (excludes halogenated alkanes) is 20. The minimum atomic E-state index is -0.461. The van der Waals surface area contributed by atoms with Crippen molar-refractivity contribution in [2.24, 2.45) is 11.8 Å². The van der Waals surface area contributed by atoms with Gasteiger partial charge in [0.25, 0.3) is 0 Å². The van der Waals surface area contributed by atoms with E-state index >= 15 is 0 Å². The highest BCUT2D eigenvalue weighted by molar-refractivity contribution is 5.89. The van der Waals surface area contributed by atoms with Gasteiger partial charge in [0.05, 0.1) is 11.8 Å². The number of allylic oxidation sites excluding steroid dienone is 4. The Morgan fingerprint density at radius 1 is 0.465 bits per heavy atom. The molecule has 0 aliphatic heterocycles. The zero-order chi connectivity index (χ0) is 31.6. The van der Waals surface area contributed by atoms with Crippen molar-refractivity contribution in [3.05, 3.63) is 49.6 Å². The third-order valence-electron chi connectivity index (χ3n) is 8.43. The van der Waals surface area contributed by atoms with Gasteiger partial charge in [-0.05, 0) is 64.2 Å². The Balaban J connectivity index is 3.89. The van der Waals surface area contributed by atoms with Crippen molar-refractivity contribution < 1.29 is 14.3 Å². The Hall–Kier alpha value is -1.90. The lowest BCUT2D eigenvalue weighted by Crippen LogP contribution is -2.24. The fraction of sp³-hybridized carbons (Fsp3) is 0.750. The summed E-state index contributed by atoms with van der Waals surface area (Å²) in [5.41, 5.74) is 0. The highest BCUT2D eigenvalue weighted by Crippen LogP contribution is 2.19. The normalized spacial score (nSPS) is 13.0. The zero-order valence-corrected chi connectivity index (χ0v) is 28.6. The van der Waals surface area contributed by atoms with Crippen LogP contribution in [0, 0.1) is 11.8 Å². The van der Waals surface area contributed by atoms with Crippen LogP contribution in [-0.4, -0.2) is 11.9 Å². The summed E-state index contributed by atoms with van der Waals surface area (Å²) in [6.45, 7) is 12.1. The predicted octanol–water partition coefficient (Wildman–Crippen LogP) is 13.0. The predicted molar refractivity (Wildman–Crippen MR) is 188 cm³/mol. The maximum atomic E-state index is 12.6. The fourth-order valence-corrected chi connectivity index (χ4v) is 5.43. The van der Waals surface area contributed by atoms with Crippen molar-refractivity contribution in [1.29, 1.82) is 0 Å². The van der Waals surface area contributed by atoms with E-state index in [1.54, 1.807) is 12.2 Å². The van der Waals surface area contributed by atoms with E-state index in [2.05, 4.69) is 51.3 Å². The summed E-state index contributed by atoms with van der Waals surface area (Å²) in [4.78, 5) is 25.2. The lowest BCUT2D eigenvalue weighted by atomic mass is 9.99. The van der Waals surface area contributed by atoms with Gasteiger partial charge >= 0.3 is 11.9 Å². The van der Waals surface area contributed by atoms with Crippen LogP contribution in [0.3, 0.4) is 0 Å². The van der Waals surface area contributed by atoms with E-state index in [9.17, 15) is 9.59 Å². The van der Waals surface area contributed by atoms with Gasteiger partial charge in [-0.2, -0.15) is 0 Å². The quantitative estimate of drug-likeness (QED) is 0.0335. The highest BCUT2D eigenvalue weighted by Gasteiger charge is 2.23. The molecule has 0 radical (unpaired) electrons. The van der Waals surface area contributed by atoms with E-state index in [4.69, 9.17) is 4.74 Å². The molecule has 2 unspecified atom stereocenters. The summed E-state index contributed by atoms with van der Waals surface area (Å²) in [5.74, 6) is -1.75. The second kappa shape index (κ2) is 33.0. The van der Waals surface area contributed by atoms with Gasteiger partial charge in [0, 0.05) is 0 Å². The van der Waals surface area contributed by atoms with E-state index in [0.29, 0.717) is 12.8 Å². The lowest BCUT2D eigenvalue weighted by Gasteiger charge is -2.14. The van der Waals surface area contributed by atoms with Gasteiger partial charge in [0.1, 0.15) is 0 Å². The van der Waals surface area contributed by atoms with Crippen LogP contribution < -0.4 is 0 Å². The fourth-order valence-electron chi connectivity index (χ4n) is 5.43. The Labute approximate surface area is 268 Å². The largest absolute Gasteiger partial charge is 0.392 e. The first kappa shape index (κ1) is 41.1. The Bertz CT molecular complexity index is 659. The van der Waals surface area contributed by atoms with Crippen LogP contribution in [-0.2, 0) is 14.3 Å². The lowest BCUT2D eigenvalue weighted by molar-refractivity contribution is -0.163. The number of esters is 2. The molecule has 0 aromatic heterocycles. The first-order valence-corrected chi connectivity index (χ1v) is 18.4. The SMILES string of the molecule is C=CC(CCCCCCC=CCCCCCCCC)C(=O)OC(=O)C(C=C)CCCCCC/C=C\CCCCCCCC. The van der Waals surface area contributed by atoms with Crippen LogP contribution in [0.5, 0.6) is 0 Å². The van der Waals surface area contributed by atoms with Gasteiger partial charge in [-0.1, -0.05) is 153 Å². The van der Waals surface area contributed by atoms with Gasteiger partial charge in [0.2, 0.25) is 0 Å². The minimum absolute atomic E-state index is 0.416. The monoisotopic (exact) mass is 599 g/mol. The summed E-state index contributed by atoms with van der Waals surface area (Å²) in [6, 6.07) is 0. The Morgan fingerprint density at radius 3 is 1.05 bits per heavy atom. The van der Waals surface area contributed by atoms with E-state index in [1.807, 2.05) is 0 Å². The van der Waals surface area contributed by atoms with Crippen molar-refractivity contribution in [2.45, 2.75) is 181 Å². The molecule has 0 bridgehead atoms. The minimum Gasteiger partial charge on any atom is -0.392 e. The first-order valence-electron chi connectivity index (χ1n) is 18.4. The Morgan fingerprint density at radius 2 is 0.744 bits per heavy atom. The summed E-state index contributed by atoms with van der Waals surface area (Å²) in [7, 11) is 0. The van der Waals surface area contributed by atoms with Crippen LogP contribution >= 0.6 is 0 Å². The maximum absolute atomic E-state index is 12.6. The smallest absolute Gasteiger partial charge is 0.320 e. The molecule has 0 saturated carbocycles. The second-order valence-corrected chi connectivity index (χ2v) is 12.5. The molecule has 3 heteroatoms. The van der Waals surface area contributed by atoms with Crippen LogP contribution in [0.15, 0.2) is 49.6 Å². The molecule has 0 saturated heterocycles. The molecule has 0 N–H and O–H groups in total. The molecule has 0 heterocycles. The number of carbonyl (C=O) groups is 2. The molecule has 3 nitrogen and oxygen atoms in total. The number of hydrogen-bond acceptors (Lipinski definition) is 3. The molecule has 248 valence electrons. The third-order valence-corrected chi connectivity index (χ3v) is 8.43. The van der Waals surface area contributed by atoms with E-state index in [-0.39, 0.29) is 0 Å². The van der Waals surface area contributed by atoms with Crippen molar-refractivity contribution >= 4 is 11.9 Å². The standard InChI is InChI=1S/C40H70O3/c1-5-9-11-13-15-17-19-21-23-25-27-29-31-33-35-37(7-3)39(41)43-40(42)38(8-4)36-34-32-30-28-26-24-22-20-18-16-14-12-10-6-2/h7-8,21-24,37-38H,3-6,9-20,25-36H2,1-2H3/b23-21-,24-22?.